The van der Waals surface area contributed by atoms with E-state index in [-0.39, 0.29) is 18.9 Å². The van der Waals surface area contributed by atoms with E-state index in [9.17, 15) is 8.42 Å². The first-order chi connectivity index (χ1) is 13.6. The number of hydrogen-bond acceptors (Lipinski definition) is 7. The van der Waals surface area contributed by atoms with Gasteiger partial charge in [-0.05, 0) is 24.1 Å². The average Bonchev–Trinajstić information content (AvgIpc) is 2.74. The Morgan fingerprint density at radius 3 is 2.68 bits per heavy atom. The summed E-state index contributed by atoms with van der Waals surface area (Å²) in [5.74, 6) is 1.26. The van der Waals surface area contributed by atoms with Crippen molar-refractivity contribution in [1.82, 2.24) is 14.3 Å². The molecular weight excluding hydrogens is 380 g/mol. The lowest BCUT2D eigenvalue weighted by Crippen LogP contribution is -2.40. The van der Waals surface area contributed by atoms with Crippen molar-refractivity contribution in [2.24, 2.45) is 0 Å². The van der Waals surface area contributed by atoms with Crippen LogP contribution in [-0.2, 0) is 27.7 Å². The Balaban J connectivity index is 1.40. The summed E-state index contributed by atoms with van der Waals surface area (Å²) >= 11 is 0. The molecule has 1 saturated heterocycles. The Kier molecular flexibility index (Phi) is 5.74. The molecule has 0 saturated carbocycles. The summed E-state index contributed by atoms with van der Waals surface area (Å²) in [5, 5.41) is 0. The fourth-order valence-electron chi connectivity index (χ4n) is 3.33. The molecule has 150 valence electrons. The van der Waals surface area contributed by atoms with E-state index in [1.165, 1.54) is 4.31 Å². The first kappa shape index (κ1) is 19.1. The molecule has 28 heavy (non-hydrogen) atoms. The maximum atomic E-state index is 12.7. The molecule has 0 unspecified atom stereocenters. The molecule has 0 spiro atoms. The first-order valence-electron chi connectivity index (χ1n) is 9.45. The number of fused-ring (bicyclic) bond motifs is 1. The molecule has 0 atom stereocenters. The van der Waals surface area contributed by atoms with E-state index in [4.69, 9.17) is 9.47 Å². The second-order valence-corrected chi connectivity index (χ2v) is 8.89. The molecule has 0 radical (unpaired) electrons. The molecule has 1 aromatic carbocycles. The standard InChI is InChI=1S/C19H24N4O4S/c24-28(25,13-12-27-17-4-2-1-3-5-17)23-7-6-16-14-20-19(21-18(16)15-23)22-8-10-26-11-9-22/h1-5,14H,6-13,15H2. The number of nitrogens with zero attached hydrogens (tertiary/aromatic N) is 4. The van der Waals surface area contributed by atoms with Crippen LogP contribution in [0.2, 0.25) is 0 Å². The van der Waals surface area contributed by atoms with Crippen LogP contribution in [0.4, 0.5) is 5.95 Å². The normalized spacial score (nSPS) is 17.9. The van der Waals surface area contributed by atoms with E-state index in [1.54, 1.807) is 0 Å². The summed E-state index contributed by atoms with van der Waals surface area (Å²) in [6, 6.07) is 9.23. The van der Waals surface area contributed by atoms with Gasteiger partial charge in [0.1, 0.15) is 12.4 Å². The van der Waals surface area contributed by atoms with Crippen molar-refractivity contribution in [1.29, 1.82) is 0 Å². The molecule has 8 nitrogen and oxygen atoms in total. The lowest BCUT2D eigenvalue weighted by Gasteiger charge is -2.30. The van der Waals surface area contributed by atoms with Gasteiger partial charge in [-0.25, -0.2) is 18.4 Å². The van der Waals surface area contributed by atoms with Crippen LogP contribution in [-0.4, -0.2) is 67.9 Å². The van der Waals surface area contributed by atoms with Crippen LogP contribution < -0.4 is 9.64 Å². The van der Waals surface area contributed by atoms with Crippen LogP contribution in [0.3, 0.4) is 0 Å². The molecule has 1 fully saturated rings. The summed E-state index contributed by atoms with van der Waals surface area (Å²) in [6.07, 6.45) is 2.45. The summed E-state index contributed by atoms with van der Waals surface area (Å²) in [5.41, 5.74) is 1.80. The number of rotatable bonds is 6. The SMILES string of the molecule is O=S(=O)(CCOc1ccccc1)N1CCc2cnc(N3CCOCC3)nc2C1. The van der Waals surface area contributed by atoms with Gasteiger partial charge < -0.3 is 14.4 Å². The minimum atomic E-state index is -3.42. The Morgan fingerprint density at radius 2 is 1.89 bits per heavy atom. The number of morpholine rings is 1. The van der Waals surface area contributed by atoms with E-state index < -0.39 is 10.0 Å². The van der Waals surface area contributed by atoms with Gasteiger partial charge in [-0.2, -0.15) is 4.31 Å². The van der Waals surface area contributed by atoms with Crippen molar-refractivity contribution in [2.45, 2.75) is 13.0 Å². The molecule has 1 aromatic heterocycles. The number of aromatic nitrogens is 2. The van der Waals surface area contributed by atoms with Crippen molar-refractivity contribution < 1.29 is 17.9 Å². The quantitative estimate of drug-likeness (QED) is 0.712. The molecule has 0 N–H and O–H groups in total. The summed E-state index contributed by atoms with van der Waals surface area (Å²) in [4.78, 5) is 11.2. The van der Waals surface area contributed by atoms with Gasteiger partial charge in [0.15, 0.2) is 0 Å². The van der Waals surface area contributed by atoms with Crippen molar-refractivity contribution in [3.8, 4) is 5.75 Å². The van der Waals surface area contributed by atoms with Crippen molar-refractivity contribution in [3.63, 3.8) is 0 Å². The molecule has 0 amide bonds. The number of ether oxygens (including phenoxy) is 2. The third kappa shape index (κ3) is 4.43. The van der Waals surface area contributed by atoms with Gasteiger partial charge in [-0.15, -0.1) is 0 Å². The molecule has 0 bridgehead atoms. The topological polar surface area (TPSA) is 84.9 Å². The second-order valence-electron chi connectivity index (χ2n) is 6.80. The maximum Gasteiger partial charge on any atom is 0.225 e. The van der Waals surface area contributed by atoms with Gasteiger partial charge in [0.2, 0.25) is 16.0 Å². The van der Waals surface area contributed by atoms with E-state index in [0.29, 0.717) is 37.9 Å². The number of benzene rings is 1. The number of sulfonamides is 1. The minimum absolute atomic E-state index is 0.0569. The van der Waals surface area contributed by atoms with E-state index in [1.807, 2.05) is 36.5 Å². The molecule has 2 aliphatic rings. The highest BCUT2D eigenvalue weighted by Gasteiger charge is 2.28. The molecule has 9 heteroatoms. The van der Waals surface area contributed by atoms with Crippen LogP contribution in [0.15, 0.2) is 36.5 Å². The Bertz CT molecular complexity index is 901. The van der Waals surface area contributed by atoms with Gasteiger partial charge in [-0.3, -0.25) is 0 Å². The lowest BCUT2D eigenvalue weighted by molar-refractivity contribution is 0.122. The lowest BCUT2D eigenvalue weighted by atomic mass is 10.1. The predicted octanol–water partition coefficient (Wildman–Crippen LogP) is 1.08. The average molecular weight is 404 g/mol. The van der Waals surface area contributed by atoms with Crippen LogP contribution in [0, 0.1) is 0 Å². The van der Waals surface area contributed by atoms with E-state index >= 15 is 0 Å². The fraction of sp³-hybridized carbons (Fsp3) is 0.474. The van der Waals surface area contributed by atoms with E-state index in [0.717, 1.165) is 24.3 Å². The van der Waals surface area contributed by atoms with Crippen molar-refractivity contribution in [2.75, 3.05) is 50.1 Å². The van der Waals surface area contributed by atoms with E-state index in [2.05, 4.69) is 14.9 Å². The zero-order valence-electron chi connectivity index (χ0n) is 15.7. The van der Waals surface area contributed by atoms with Gasteiger partial charge in [0, 0.05) is 25.8 Å². The molecule has 0 aliphatic carbocycles. The highest BCUT2D eigenvalue weighted by Crippen LogP contribution is 2.22. The zero-order chi connectivity index (χ0) is 19.4. The Morgan fingerprint density at radius 1 is 1.11 bits per heavy atom. The largest absolute Gasteiger partial charge is 0.492 e. The zero-order valence-corrected chi connectivity index (χ0v) is 16.5. The highest BCUT2D eigenvalue weighted by atomic mass is 32.2. The van der Waals surface area contributed by atoms with Crippen molar-refractivity contribution in [3.05, 3.63) is 47.8 Å². The molecule has 2 aliphatic heterocycles. The number of para-hydroxylation sites is 1. The number of anilines is 1. The third-order valence-corrected chi connectivity index (χ3v) is 6.72. The molecular formula is C19H24N4O4S. The second kappa shape index (κ2) is 8.42. The van der Waals surface area contributed by atoms with Crippen LogP contribution in [0.25, 0.3) is 0 Å². The highest BCUT2D eigenvalue weighted by molar-refractivity contribution is 7.89. The van der Waals surface area contributed by atoms with Gasteiger partial charge >= 0.3 is 0 Å². The van der Waals surface area contributed by atoms with Gasteiger partial charge in [-0.1, -0.05) is 18.2 Å². The summed E-state index contributed by atoms with van der Waals surface area (Å²) in [7, 11) is -3.42. The van der Waals surface area contributed by atoms with Crippen LogP contribution in [0.1, 0.15) is 11.3 Å². The van der Waals surface area contributed by atoms with Crippen LogP contribution in [0.5, 0.6) is 5.75 Å². The fourth-order valence-corrected chi connectivity index (χ4v) is 4.57. The maximum absolute atomic E-state index is 12.7. The predicted molar refractivity (Wildman–Crippen MR) is 105 cm³/mol. The number of hydrogen-bond donors (Lipinski definition) is 0. The minimum Gasteiger partial charge on any atom is -0.492 e. The molecule has 2 aromatic rings. The summed E-state index contributed by atoms with van der Waals surface area (Å²) < 4.78 is 37.9. The Hall–Kier alpha value is -2.23. The first-order valence-corrected chi connectivity index (χ1v) is 11.1. The van der Waals surface area contributed by atoms with Gasteiger partial charge in [0.25, 0.3) is 0 Å². The monoisotopic (exact) mass is 404 g/mol. The van der Waals surface area contributed by atoms with Gasteiger partial charge in [0.05, 0.1) is 31.2 Å². The van der Waals surface area contributed by atoms with Crippen LogP contribution >= 0.6 is 0 Å². The summed E-state index contributed by atoms with van der Waals surface area (Å²) in [6.45, 7) is 3.66. The molecule has 4 rings (SSSR count). The Labute approximate surface area is 165 Å². The molecule has 3 heterocycles. The third-order valence-electron chi connectivity index (χ3n) is 4.94. The smallest absolute Gasteiger partial charge is 0.225 e. The van der Waals surface area contributed by atoms with Crippen molar-refractivity contribution >= 4 is 16.0 Å².